The molecule has 0 aliphatic rings. The summed E-state index contributed by atoms with van der Waals surface area (Å²) < 4.78 is 11.0. The smallest absolute Gasteiger partial charge is 0.189 e. The van der Waals surface area contributed by atoms with Gasteiger partial charge in [0.15, 0.2) is 8.32 Å². The Labute approximate surface area is 106 Å². The molecule has 5 heteroatoms. The number of ether oxygens (including phenoxy) is 1. The predicted molar refractivity (Wildman–Crippen MR) is 71.7 cm³/mol. The Hall–Kier alpha value is 0.0569. The lowest BCUT2D eigenvalue weighted by atomic mass is 10.4. The molecule has 0 aromatic rings. The Morgan fingerprint density at radius 1 is 1.24 bits per heavy atom. The van der Waals surface area contributed by atoms with Crippen molar-refractivity contribution >= 4 is 8.32 Å². The standard InChI is InChI=1S/C12H28O4Si/c1-4-5-8-17(3,15-2)9-6-7-16-11-12(14)10-13/h12-14H,4-11H2,1-3H3. The highest BCUT2D eigenvalue weighted by Gasteiger charge is 2.26. The number of hydrogen-bond acceptors (Lipinski definition) is 4. The maximum absolute atomic E-state index is 9.09. The van der Waals surface area contributed by atoms with Crippen LogP contribution in [0.15, 0.2) is 0 Å². The van der Waals surface area contributed by atoms with Gasteiger partial charge in [-0.25, -0.2) is 0 Å². The minimum atomic E-state index is -1.52. The first-order chi connectivity index (χ1) is 8.08. The molecule has 0 aliphatic heterocycles. The molecule has 0 aromatic carbocycles. The van der Waals surface area contributed by atoms with Gasteiger partial charge in [0.2, 0.25) is 0 Å². The van der Waals surface area contributed by atoms with Gasteiger partial charge in [0.25, 0.3) is 0 Å². The highest BCUT2D eigenvalue weighted by molar-refractivity contribution is 6.72. The molecule has 4 nitrogen and oxygen atoms in total. The first-order valence-corrected chi connectivity index (χ1v) is 9.32. The fraction of sp³-hybridized carbons (Fsp3) is 1.00. The van der Waals surface area contributed by atoms with Crippen molar-refractivity contribution in [3.63, 3.8) is 0 Å². The lowest BCUT2D eigenvalue weighted by Crippen LogP contribution is -2.33. The maximum atomic E-state index is 9.09. The number of rotatable bonds is 11. The maximum Gasteiger partial charge on any atom is 0.189 e. The number of aliphatic hydroxyl groups is 2. The van der Waals surface area contributed by atoms with Crippen molar-refractivity contribution in [3.05, 3.63) is 0 Å². The van der Waals surface area contributed by atoms with Crippen LogP contribution in [0.5, 0.6) is 0 Å². The number of hydrogen-bond donors (Lipinski definition) is 2. The molecule has 104 valence electrons. The van der Waals surface area contributed by atoms with E-state index in [1.54, 1.807) is 0 Å². The lowest BCUT2D eigenvalue weighted by molar-refractivity contribution is 0.00634. The molecule has 0 saturated heterocycles. The minimum Gasteiger partial charge on any atom is -0.420 e. The molecule has 0 bridgehead atoms. The zero-order valence-electron chi connectivity index (χ0n) is 11.4. The molecular weight excluding hydrogens is 236 g/mol. The monoisotopic (exact) mass is 264 g/mol. The molecule has 0 spiro atoms. The summed E-state index contributed by atoms with van der Waals surface area (Å²) in [4.78, 5) is 0. The summed E-state index contributed by atoms with van der Waals surface area (Å²) in [5.74, 6) is 0. The number of aliphatic hydroxyl groups excluding tert-OH is 2. The predicted octanol–water partition coefficient (Wildman–Crippen LogP) is 1.77. The van der Waals surface area contributed by atoms with Crippen LogP contribution in [0.3, 0.4) is 0 Å². The first kappa shape index (κ1) is 17.1. The van der Waals surface area contributed by atoms with Crippen LogP contribution < -0.4 is 0 Å². The van der Waals surface area contributed by atoms with Crippen molar-refractivity contribution in [1.29, 1.82) is 0 Å². The van der Waals surface area contributed by atoms with Crippen LogP contribution in [0, 0.1) is 0 Å². The Kier molecular flexibility index (Phi) is 10.1. The molecule has 0 fully saturated rings. The molecule has 0 aliphatic carbocycles. The van der Waals surface area contributed by atoms with E-state index in [0.717, 1.165) is 12.5 Å². The second kappa shape index (κ2) is 10.0. The molecule has 2 N–H and O–H groups in total. The van der Waals surface area contributed by atoms with E-state index in [1.807, 2.05) is 7.11 Å². The van der Waals surface area contributed by atoms with Crippen LogP contribution >= 0.6 is 0 Å². The Balaban J connectivity index is 3.62. The van der Waals surface area contributed by atoms with Crippen molar-refractivity contribution in [3.8, 4) is 0 Å². The van der Waals surface area contributed by atoms with Gasteiger partial charge in [-0.3, -0.25) is 0 Å². The lowest BCUT2D eigenvalue weighted by Gasteiger charge is -2.25. The molecule has 0 aromatic heterocycles. The highest BCUT2D eigenvalue weighted by Crippen LogP contribution is 2.21. The van der Waals surface area contributed by atoms with E-state index < -0.39 is 14.4 Å². The third kappa shape index (κ3) is 8.74. The zero-order chi connectivity index (χ0) is 13.1. The van der Waals surface area contributed by atoms with Crippen LogP contribution in [0.1, 0.15) is 26.2 Å². The summed E-state index contributed by atoms with van der Waals surface area (Å²) in [6, 6.07) is 2.30. The summed E-state index contributed by atoms with van der Waals surface area (Å²) in [6.45, 7) is 5.09. The fourth-order valence-corrected chi connectivity index (χ4v) is 4.35. The average molecular weight is 264 g/mol. The van der Waals surface area contributed by atoms with Crippen LogP contribution in [0.2, 0.25) is 18.6 Å². The highest BCUT2D eigenvalue weighted by atomic mass is 28.4. The molecule has 0 rings (SSSR count). The first-order valence-electron chi connectivity index (χ1n) is 6.49. The van der Waals surface area contributed by atoms with E-state index in [2.05, 4.69) is 13.5 Å². The van der Waals surface area contributed by atoms with Gasteiger partial charge in [-0.2, -0.15) is 0 Å². The van der Waals surface area contributed by atoms with Gasteiger partial charge in [0, 0.05) is 13.7 Å². The molecule has 2 atom stereocenters. The number of unbranched alkanes of at least 4 members (excludes halogenated alkanes) is 1. The van der Waals surface area contributed by atoms with Crippen molar-refractivity contribution in [2.45, 2.75) is 50.9 Å². The summed E-state index contributed by atoms with van der Waals surface area (Å²) in [5.41, 5.74) is 0. The Bertz CT molecular complexity index is 180. The Morgan fingerprint density at radius 2 is 1.88 bits per heavy atom. The molecule has 0 saturated carbocycles. The van der Waals surface area contributed by atoms with Gasteiger partial charge in [0.05, 0.1) is 13.2 Å². The van der Waals surface area contributed by atoms with Crippen molar-refractivity contribution in [2.24, 2.45) is 0 Å². The van der Waals surface area contributed by atoms with Crippen molar-refractivity contribution < 1.29 is 19.4 Å². The second-order valence-electron chi connectivity index (χ2n) is 4.77. The van der Waals surface area contributed by atoms with Crippen molar-refractivity contribution in [2.75, 3.05) is 26.9 Å². The third-order valence-corrected chi connectivity index (χ3v) is 6.88. The molecule has 0 radical (unpaired) electrons. The summed E-state index contributed by atoms with van der Waals surface area (Å²) in [5, 5.41) is 17.7. The summed E-state index contributed by atoms with van der Waals surface area (Å²) in [7, 11) is 0.296. The van der Waals surface area contributed by atoms with Gasteiger partial charge in [-0.15, -0.1) is 0 Å². The molecule has 0 heterocycles. The van der Waals surface area contributed by atoms with Crippen LogP contribution in [0.4, 0.5) is 0 Å². The van der Waals surface area contributed by atoms with Gasteiger partial charge in [-0.05, 0) is 25.1 Å². The normalized spacial score (nSPS) is 16.8. The van der Waals surface area contributed by atoms with E-state index in [9.17, 15) is 0 Å². The van der Waals surface area contributed by atoms with Crippen LogP contribution in [-0.2, 0) is 9.16 Å². The quantitative estimate of drug-likeness (QED) is 0.441. The SMILES string of the molecule is CCCC[Si](C)(CCCOCC(O)CO)OC. The average Bonchev–Trinajstić information content (AvgIpc) is 2.35. The van der Waals surface area contributed by atoms with E-state index in [4.69, 9.17) is 19.4 Å². The molecule has 0 amide bonds. The topological polar surface area (TPSA) is 58.9 Å². The van der Waals surface area contributed by atoms with E-state index in [-0.39, 0.29) is 13.2 Å². The van der Waals surface area contributed by atoms with Gasteiger partial charge in [0.1, 0.15) is 6.10 Å². The zero-order valence-corrected chi connectivity index (χ0v) is 12.4. The van der Waals surface area contributed by atoms with E-state index >= 15 is 0 Å². The summed E-state index contributed by atoms with van der Waals surface area (Å²) >= 11 is 0. The van der Waals surface area contributed by atoms with Gasteiger partial charge < -0.3 is 19.4 Å². The largest absolute Gasteiger partial charge is 0.420 e. The van der Waals surface area contributed by atoms with E-state index in [0.29, 0.717) is 6.61 Å². The molecule has 2 unspecified atom stereocenters. The Morgan fingerprint density at radius 3 is 2.41 bits per heavy atom. The van der Waals surface area contributed by atoms with Gasteiger partial charge in [-0.1, -0.05) is 19.8 Å². The van der Waals surface area contributed by atoms with Crippen molar-refractivity contribution in [1.82, 2.24) is 0 Å². The molecule has 17 heavy (non-hydrogen) atoms. The summed E-state index contributed by atoms with van der Waals surface area (Å²) in [6.07, 6.45) is 2.67. The second-order valence-corrected chi connectivity index (χ2v) is 9.08. The molecular formula is C12H28O4Si. The van der Waals surface area contributed by atoms with Crippen LogP contribution in [-0.4, -0.2) is 51.6 Å². The van der Waals surface area contributed by atoms with Gasteiger partial charge >= 0.3 is 0 Å². The third-order valence-electron chi connectivity index (χ3n) is 3.07. The van der Waals surface area contributed by atoms with Crippen LogP contribution in [0.25, 0.3) is 0 Å². The van der Waals surface area contributed by atoms with E-state index in [1.165, 1.54) is 18.9 Å². The minimum absolute atomic E-state index is 0.219. The fourth-order valence-electron chi connectivity index (χ4n) is 1.70.